The Morgan fingerprint density at radius 2 is 1.80 bits per heavy atom. The van der Waals surface area contributed by atoms with Crippen LogP contribution in [0.1, 0.15) is 27.2 Å². The third kappa shape index (κ3) is 19.2. The van der Waals surface area contributed by atoms with Crippen LogP contribution in [0.4, 0.5) is 4.79 Å². The maximum Gasteiger partial charge on any atom is 0.407 e. The third-order valence-electron chi connectivity index (χ3n) is 0.929. The Morgan fingerprint density at radius 1 is 1.33 bits per heavy atom. The van der Waals surface area contributed by atoms with Gasteiger partial charge in [0, 0.05) is 7.05 Å². The van der Waals surface area contributed by atoms with Crippen LogP contribution in [0.3, 0.4) is 0 Å². The molecule has 0 spiro atoms. The van der Waals surface area contributed by atoms with Gasteiger partial charge in [-0.2, -0.15) is 0 Å². The summed E-state index contributed by atoms with van der Waals surface area (Å²) in [5.41, 5.74) is -0.389. The number of nitrogens with one attached hydrogen (secondary N) is 1. The SMILES string of the molecule is CNC(=O)OC(C)(C)C.O=C(O)CCO. The van der Waals surface area contributed by atoms with E-state index in [9.17, 15) is 9.59 Å². The zero-order valence-corrected chi connectivity index (χ0v) is 9.53. The Kier molecular flexibility index (Phi) is 8.66. The predicted molar refractivity (Wildman–Crippen MR) is 54.6 cm³/mol. The van der Waals surface area contributed by atoms with Crippen molar-refractivity contribution < 1.29 is 24.5 Å². The highest BCUT2D eigenvalue weighted by Crippen LogP contribution is 2.05. The first-order valence-electron chi connectivity index (χ1n) is 4.46. The summed E-state index contributed by atoms with van der Waals surface area (Å²) >= 11 is 0. The summed E-state index contributed by atoms with van der Waals surface area (Å²) in [7, 11) is 1.54. The molecule has 0 radical (unpaired) electrons. The minimum absolute atomic E-state index is 0.153. The number of carbonyl (C=O) groups excluding carboxylic acids is 1. The molecule has 0 rings (SSSR count). The Labute approximate surface area is 89.2 Å². The fourth-order valence-electron chi connectivity index (χ4n) is 0.425. The highest BCUT2D eigenvalue weighted by atomic mass is 16.6. The van der Waals surface area contributed by atoms with Crippen molar-refractivity contribution in [3.63, 3.8) is 0 Å². The maximum absolute atomic E-state index is 10.5. The Morgan fingerprint density at radius 3 is 1.87 bits per heavy atom. The summed E-state index contributed by atoms with van der Waals surface area (Å²) in [6.07, 6.45) is -0.539. The lowest BCUT2D eigenvalue weighted by atomic mass is 10.2. The van der Waals surface area contributed by atoms with Crippen LogP contribution in [-0.4, -0.2) is 41.5 Å². The van der Waals surface area contributed by atoms with Crippen LogP contribution in [0.25, 0.3) is 0 Å². The predicted octanol–water partition coefficient (Wildman–Crippen LogP) is 0.594. The van der Waals surface area contributed by atoms with Crippen LogP contribution in [0.2, 0.25) is 0 Å². The van der Waals surface area contributed by atoms with E-state index >= 15 is 0 Å². The topological polar surface area (TPSA) is 95.9 Å². The second-order valence-electron chi connectivity index (χ2n) is 3.62. The molecule has 0 saturated heterocycles. The van der Waals surface area contributed by atoms with E-state index in [0.29, 0.717) is 0 Å². The summed E-state index contributed by atoms with van der Waals surface area (Å²) in [6.45, 7) is 5.20. The van der Waals surface area contributed by atoms with Gasteiger partial charge in [0.05, 0.1) is 13.0 Å². The smallest absolute Gasteiger partial charge is 0.407 e. The number of carboxylic acid groups (broad SMARTS) is 1. The molecule has 0 unspecified atom stereocenters. The van der Waals surface area contributed by atoms with Crippen LogP contribution in [0, 0.1) is 0 Å². The molecule has 0 aliphatic heterocycles. The number of rotatable bonds is 2. The van der Waals surface area contributed by atoms with Crippen molar-refractivity contribution >= 4 is 12.1 Å². The zero-order chi connectivity index (χ0) is 12.5. The van der Waals surface area contributed by atoms with Gasteiger partial charge in [-0.25, -0.2) is 4.79 Å². The third-order valence-corrected chi connectivity index (χ3v) is 0.929. The quantitative estimate of drug-likeness (QED) is 0.634. The molecular formula is C9H19NO5. The molecule has 6 heteroatoms. The second kappa shape index (κ2) is 8.05. The van der Waals surface area contributed by atoms with E-state index in [1.54, 1.807) is 0 Å². The fourth-order valence-corrected chi connectivity index (χ4v) is 0.425. The van der Waals surface area contributed by atoms with Crippen molar-refractivity contribution in [2.24, 2.45) is 0 Å². The average molecular weight is 221 g/mol. The maximum atomic E-state index is 10.5. The standard InChI is InChI=1S/C6H13NO2.C3H6O3/c1-6(2,3)9-5(8)7-4;4-2-1-3(5)6/h1-4H3,(H,7,8);4H,1-2H2,(H,5,6). The van der Waals surface area contributed by atoms with Crippen molar-refractivity contribution in [1.82, 2.24) is 5.32 Å². The highest BCUT2D eigenvalue weighted by molar-refractivity contribution is 5.67. The lowest BCUT2D eigenvalue weighted by molar-refractivity contribution is -0.137. The zero-order valence-electron chi connectivity index (χ0n) is 9.53. The number of amides is 1. The molecule has 1 amide bonds. The molecule has 0 bridgehead atoms. The molecule has 0 saturated carbocycles. The Bertz CT molecular complexity index is 197. The van der Waals surface area contributed by atoms with E-state index in [1.165, 1.54) is 7.05 Å². The first-order valence-corrected chi connectivity index (χ1v) is 4.46. The first kappa shape index (κ1) is 16.1. The number of aliphatic hydroxyl groups is 1. The number of carboxylic acids is 1. The molecule has 3 N–H and O–H groups in total. The molecule has 0 fully saturated rings. The van der Waals surface area contributed by atoms with Crippen molar-refractivity contribution in [3.8, 4) is 0 Å². The van der Waals surface area contributed by atoms with Crippen LogP contribution in [0.15, 0.2) is 0 Å². The van der Waals surface area contributed by atoms with Crippen molar-refractivity contribution in [1.29, 1.82) is 0 Å². The van der Waals surface area contributed by atoms with E-state index in [4.69, 9.17) is 14.9 Å². The summed E-state index contributed by atoms with van der Waals surface area (Å²) in [6, 6.07) is 0. The molecule has 0 aliphatic rings. The number of alkyl carbamates (subject to hydrolysis) is 1. The van der Waals surface area contributed by atoms with E-state index < -0.39 is 5.97 Å². The number of carbonyl (C=O) groups is 2. The summed E-state index contributed by atoms with van der Waals surface area (Å²) < 4.78 is 4.84. The monoisotopic (exact) mass is 221 g/mol. The van der Waals surface area contributed by atoms with Crippen molar-refractivity contribution in [3.05, 3.63) is 0 Å². The molecule has 0 aromatic heterocycles. The molecule has 0 atom stereocenters. The van der Waals surface area contributed by atoms with Crippen LogP contribution >= 0.6 is 0 Å². The average Bonchev–Trinajstić information content (AvgIpc) is 2.01. The lowest BCUT2D eigenvalue weighted by Crippen LogP contribution is -2.30. The van der Waals surface area contributed by atoms with Gasteiger partial charge in [0.25, 0.3) is 0 Å². The Hall–Kier alpha value is -1.30. The van der Waals surface area contributed by atoms with Gasteiger partial charge >= 0.3 is 12.1 Å². The lowest BCUT2D eigenvalue weighted by Gasteiger charge is -2.18. The number of hydrogen-bond acceptors (Lipinski definition) is 4. The number of ether oxygens (including phenoxy) is 1. The van der Waals surface area contributed by atoms with E-state index in [2.05, 4.69) is 5.32 Å². The highest BCUT2D eigenvalue weighted by Gasteiger charge is 2.13. The van der Waals surface area contributed by atoms with Gasteiger partial charge in [0.15, 0.2) is 0 Å². The fraction of sp³-hybridized carbons (Fsp3) is 0.778. The molecule has 0 aromatic carbocycles. The number of aliphatic carboxylic acids is 1. The van der Waals surface area contributed by atoms with E-state index in [-0.39, 0.29) is 24.7 Å². The van der Waals surface area contributed by atoms with E-state index in [0.717, 1.165) is 0 Å². The van der Waals surface area contributed by atoms with Gasteiger partial charge in [-0.1, -0.05) is 0 Å². The van der Waals surface area contributed by atoms with Gasteiger partial charge in [-0.05, 0) is 20.8 Å². The van der Waals surface area contributed by atoms with Gasteiger partial charge in [-0.3, -0.25) is 4.79 Å². The van der Waals surface area contributed by atoms with Crippen molar-refractivity contribution in [2.45, 2.75) is 32.8 Å². The van der Waals surface area contributed by atoms with E-state index in [1.807, 2.05) is 20.8 Å². The normalized spacial score (nSPS) is 9.67. The van der Waals surface area contributed by atoms with Gasteiger partial charge < -0.3 is 20.3 Å². The summed E-state index contributed by atoms with van der Waals surface area (Å²) in [4.78, 5) is 19.9. The van der Waals surface area contributed by atoms with Crippen molar-refractivity contribution in [2.75, 3.05) is 13.7 Å². The molecule has 90 valence electrons. The summed E-state index contributed by atoms with van der Waals surface area (Å²) in [5.74, 6) is -0.961. The number of hydrogen-bond donors (Lipinski definition) is 3. The Balaban J connectivity index is 0. The molecule has 6 nitrogen and oxygen atoms in total. The second-order valence-corrected chi connectivity index (χ2v) is 3.62. The van der Waals surface area contributed by atoms with Crippen LogP contribution < -0.4 is 5.32 Å². The van der Waals surface area contributed by atoms with Gasteiger partial charge in [0.2, 0.25) is 0 Å². The molecule has 0 heterocycles. The minimum Gasteiger partial charge on any atom is -0.481 e. The molecular weight excluding hydrogens is 202 g/mol. The van der Waals surface area contributed by atoms with Crippen LogP contribution in [-0.2, 0) is 9.53 Å². The summed E-state index contributed by atoms with van der Waals surface area (Å²) in [5, 5.41) is 18.0. The largest absolute Gasteiger partial charge is 0.481 e. The van der Waals surface area contributed by atoms with Gasteiger partial charge in [-0.15, -0.1) is 0 Å². The van der Waals surface area contributed by atoms with Crippen LogP contribution in [0.5, 0.6) is 0 Å². The first-order chi connectivity index (χ1) is 6.72. The minimum atomic E-state index is -0.961. The molecule has 15 heavy (non-hydrogen) atoms. The molecule has 0 aliphatic carbocycles. The number of aliphatic hydroxyl groups excluding tert-OH is 1. The van der Waals surface area contributed by atoms with Gasteiger partial charge in [0.1, 0.15) is 5.60 Å². The molecule has 0 aromatic rings.